The maximum atomic E-state index is 13.7. The summed E-state index contributed by atoms with van der Waals surface area (Å²) < 4.78 is 19.2. The number of rotatable bonds is 5. The minimum absolute atomic E-state index is 0.0456. The first-order valence-corrected chi connectivity index (χ1v) is 6.81. The van der Waals surface area contributed by atoms with Crippen molar-refractivity contribution >= 4 is 17.2 Å². The van der Waals surface area contributed by atoms with Crippen LogP contribution in [-0.2, 0) is 13.0 Å². The summed E-state index contributed by atoms with van der Waals surface area (Å²) >= 11 is 4.75. The van der Waals surface area contributed by atoms with Crippen LogP contribution in [-0.4, -0.2) is 4.99 Å². The molecule has 0 saturated carbocycles. The molecule has 0 saturated heterocycles. The zero-order valence-electron chi connectivity index (χ0n) is 11.2. The van der Waals surface area contributed by atoms with Gasteiger partial charge < -0.3 is 10.5 Å². The highest BCUT2D eigenvalue weighted by Gasteiger charge is 2.06. The number of ether oxygens (including phenoxy) is 1. The number of halogens is 1. The number of hydrogen-bond donors (Lipinski definition) is 1. The second-order valence-electron chi connectivity index (χ2n) is 4.46. The van der Waals surface area contributed by atoms with E-state index in [1.807, 2.05) is 12.1 Å². The summed E-state index contributed by atoms with van der Waals surface area (Å²) in [6.07, 6.45) is 1.01. The Labute approximate surface area is 123 Å². The average Bonchev–Trinajstić information content (AvgIpc) is 2.45. The number of nitrogens with two attached hydrogens (primary N) is 1. The maximum Gasteiger partial charge on any atom is 0.137 e. The van der Waals surface area contributed by atoms with Gasteiger partial charge in [-0.3, -0.25) is 0 Å². The van der Waals surface area contributed by atoms with Gasteiger partial charge in [-0.15, -0.1) is 0 Å². The second kappa shape index (κ2) is 6.48. The Morgan fingerprint density at radius 3 is 2.35 bits per heavy atom. The minimum Gasteiger partial charge on any atom is -0.489 e. The molecule has 4 heteroatoms. The van der Waals surface area contributed by atoms with Gasteiger partial charge in [0, 0.05) is 11.6 Å². The van der Waals surface area contributed by atoms with E-state index in [9.17, 15) is 4.39 Å². The number of aryl methyl sites for hydroxylation is 1. The van der Waals surface area contributed by atoms with E-state index in [-0.39, 0.29) is 10.6 Å². The number of hydrogen-bond acceptors (Lipinski definition) is 2. The van der Waals surface area contributed by atoms with Crippen LogP contribution in [0.25, 0.3) is 0 Å². The quantitative estimate of drug-likeness (QED) is 0.854. The Morgan fingerprint density at radius 2 is 1.80 bits per heavy atom. The Kier molecular flexibility index (Phi) is 4.69. The van der Waals surface area contributed by atoms with Crippen LogP contribution in [0, 0.1) is 5.82 Å². The fourth-order valence-electron chi connectivity index (χ4n) is 1.82. The predicted molar refractivity (Wildman–Crippen MR) is 82.4 cm³/mol. The van der Waals surface area contributed by atoms with Crippen LogP contribution >= 0.6 is 12.2 Å². The van der Waals surface area contributed by atoms with Crippen molar-refractivity contribution in [1.82, 2.24) is 0 Å². The molecule has 0 amide bonds. The average molecular weight is 289 g/mol. The Balaban J connectivity index is 2.03. The third-order valence-corrected chi connectivity index (χ3v) is 3.26. The molecule has 0 bridgehead atoms. The summed E-state index contributed by atoms with van der Waals surface area (Å²) in [5, 5.41) is 0. The molecule has 0 aromatic heterocycles. The molecule has 2 N–H and O–H groups in total. The van der Waals surface area contributed by atoms with E-state index >= 15 is 0 Å². The van der Waals surface area contributed by atoms with E-state index in [2.05, 4.69) is 19.1 Å². The minimum atomic E-state index is -0.462. The zero-order chi connectivity index (χ0) is 14.5. The first-order valence-electron chi connectivity index (χ1n) is 6.40. The Hall–Kier alpha value is -1.94. The lowest BCUT2D eigenvalue weighted by Gasteiger charge is -2.08. The highest BCUT2D eigenvalue weighted by molar-refractivity contribution is 7.80. The smallest absolute Gasteiger partial charge is 0.137 e. The molecule has 0 atom stereocenters. The Bertz CT molecular complexity index is 610. The molecule has 0 heterocycles. The second-order valence-corrected chi connectivity index (χ2v) is 4.90. The summed E-state index contributed by atoms with van der Waals surface area (Å²) in [6.45, 7) is 2.51. The van der Waals surface area contributed by atoms with E-state index < -0.39 is 5.82 Å². The van der Waals surface area contributed by atoms with Crippen LogP contribution in [0.2, 0.25) is 0 Å². The molecule has 20 heavy (non-hydrogen) atoms. The van der Waals surface area contributed by atoms with Gasteiger partial charge in [0.05, 0.1) is 0 Å². The third-order valence-electron chi connectivity index (χ3n) is 3.04. The predicted octanol–water partition coefficient (Wildman–Crippen LogP) is 3.60. The lowest BCUT2D eigenvalue weighted by Crippen LogP contribution is -2.11. The van der Waals surface area contributed by atoms with Crippen molar-refractivity contribution in [3.63, 3.8) is 0 Å². The summed E-state index contributed by atoms with van der Waals surface area (Å²) in [5.41, 5.74) is 7.96. The molecule has 0 aliphatic rings. The fraction of sp³-hybridized carbons (Fsp3) is 0.188. The van der Waals surface area contributed by atoms with Gasteiger partial charge in [-0.05, 0) is 29.7 Å². The molecule has 0 aliphatic carbocycles. The van der Waals surface area contributed by atoms with Crippen LogP contribution in [0.1, 0.15) is 23.6 Å². The molecule has 0 fully saturated rings. The fourth-order valence-corrected chi connectivity index (χ4v) is 1.99. The molecule has 104 valence electrons. The summed E-state index contributed by atoms with van der Waals surface area (Å²) in [6, 6.07) is 12.7. The SMILES string of the molecule is CCc1ccc(COc2ccc(C(N)=S)c(F)c2)cc1. The maximum absolute atomic E-state index is 13.7. The van der Waals surface area contributed by atoms with E-state index in [4.69, 9.17) is 22.7 Å². The van der Waals surface area contributed by atoms with E-state index in [0.29, 0.717) is 12.4 Å². The number of benzene rings is 2. The van der Waals surface area contributed by atoms with Gasteiger partial charge in [0.25, 0.3) is 0 Å². The lowest BCUT2D eigenvalue weighted by atomic mass is 10.1. The van der Waals surface area contributed by atoms with Gasteiger partial charge in [0.1, 0.15) is 23.2 Å². The van der Waals surface area contributed by atoms with Gasteiger partial charge in [-0.1, -0.05) is 43.4 Å². The zero-order valence-corrected chi connectivity index (χ0v) is 12.0. The summed E-state index contributed by atoms with van der Waals surface area (Å²) in [5.74, 6) is -0.00148. The van der Waals surface area contributed by atoms with E-state index in [1.165, 1.54) is 17.7 Å². The van der Waals surface area contributed by atoms with Crippen molar-refractivity contribution in [2.45, 2.75) is 20.0 Å². The molecule has 0 radical (unpaired) electrons. The van der Waals surface area contributed by atoms with Crippen molar-refractivity contribution in [3.8, 4) is 5.75 Å². The third kappa shape index (κ3) is 3.54. The molecule has 0 unspecified atom stereocenters. The monoisotopic (exact) mass is 289 g/mol. The molecule has 2 nitrogen and oxygen atoms in total. The summed E-state index contributed by atoms with van der Waals surface area (Å²) in [7, 11) is 0. The van der Waals surface area contributed by atoms with Crippen molar-refractivity contribution in [2.75, 3.05) is 0 Å². The van der Waals surface area contributed by atoms with Gasteiger partial charge >= 0.3 is 0 Å². The van der Waals surface area contributed by atoms with Gasteiger partial charge in [0.15, 0.2) is 0 Å². The lowest BCUT2D eigenvalue weighted by molar-refractivity contribution is 0.304. The largest absolute Gasteiger partial charge is 0.489 e. The normalized spacial score (nSPS) is 10.3. The van der Waals surface area contributed by atoms with Gasteiger partial charge in [-0.25, -0.2) is 4.39 Å². The van der Waals surface area contributed by atoms with Crippen molar-refractivity contribution in [1.29, 1.82) is 0 Å². The topological polar surface area (TPSA) is 35.2 Å². The molecule has 2 rings (SSSR count). The van der Waals surface area contributed by atoms with Crippen molar-refractivity contribution in [2.24, 2.45) is 5.73 Å². The van der Waals surface area contributed by atoms with Crippen LogP contribution in [0.5, 0.6) is 5.75 Å². The van der Waals surface area contributed by atoms with Crippen LogP contribution in [0.15, 0.2) is 42.5 Å². The molecule has 0 aliphatic heterocycles. The van der Waals surface area contributed by atoms with E-state index in [1.54, 1.807) is 6.07 Å². The van der Waals surface area contributed by atoms with Gasteiger partial charge in [0.2, 0.25) is 0 Å². The summed E-state index contributed by atoms with van der Waals surface area (Å²) in [4.78, 5) is 0.0456. The van der Waals surface area contributed by atoms with Gasteiger partial charge in [-0.2, -0.15) is 0 Å². The van der Waals surface area contributed by atoms with Crippen molar-refractivity contribution < 1.29 is 9.13 Å². The van der Waals surface area contributed by atoms with E-state index in [0.717, 1.165) is 12.0 Å². The molecule has 2 aromatic carbocycles. The standard InChI is InChI=1S/C16H16FNOS/c1-2-11-3-5-12(6-4-11)10-19-13-7-8-14(16(18)20)15(17)9-13/h3-9H,2,10H2,1H3,(H2,18,20). The molecule has 2 aromatic rings. The Morgan fingerprint density at radius 1 is 1.15 bits per heavy atom. The first-order chi connectivity index (χ1) is 9.60. The molecular weight excluding hydrogens is 273 g/mol. The van der Waals surface area contributed by atoms with Crippen molar-refractivity contribution in [3.05, 3.63) is 65.0 Å². The molecular formula is C16H16FNOS. The molecule has 0 spiro atoms. The highest BCUT2D eigenvalue weighted by atomic mass is 32.1. The highest BCUT2D eigenvalue weighted by Crippen LogP contribution is 2.18. The van der Waals surface area contributed by atoms with Crippen LogP contribution in [0.3, 0.4) is 0 Å². The van der Waals surface area contributed by atoms with Crippen LogP contribution < -0.4 is 10.5 Å². The first kappa shape index (κ1) is 14.5. The number of thiocarbonyl (C=S) groups is 1. The van der Waals surface area contributed by atoms with Crippen LogP contribution in [0.4, 0.5) is 4.39 Å².